The van der Waals surface area contributed by atoms with Crippen LogP contribution >= 0.6 is 0 Å². The van der Waals surface area contributed by atoms with Gasteiger partial charge in [-0.15, -0.1) is 5.10 Å². The van der Waals surface area contributed by atoms with Crippen molar-refractivity contribution in [3.05, 3.63) is 24.3 Å². The van der Waals surface area contributed by atoms with Crippen molar-refractivity contribution in [3.63, 3.8) is 0 Å². The Labute approximate surface area is 169 Å². The molecule has 3 rings (SSSR count). The van der Waals surface area contributed by atoms with E-state index in [1.807, 2.05) is 0 Å². The van der Waals surface area contributed by atoms with Crippen molar-refractivity contribution in [2.45, 2.75) is 24.7 Å². The minimum Gasteiger partial charge on any atom is -0.403 e. The van der Waals surface area contributed by atoms with E-state index in [2.05, 4.69) is 15.5 Å². The Hall–Kier alpha value is -2.31. The number of carbonyl (C=O) groups excluding carboxylic acids is 1. The first kappa shape index (κ1) is 21.4. The number of benzene rings is 1. The van der Waals surface area contributed by atoms with Crippen LogP contribution < -0.4 is 5.32 Å². The van der Waals surface area contributed by atoms with Gasteiger partial charge in [0.2, 0.25) is 21.8 Å². The van der Waals surface area contributed by atoms with Gasteiger partial charge in [-0.1, -0.05) is 12.0 Å². The molecule has 1 atom stereocenters. The van der Waals surface area contributed by atoms with E-state index in [-0.39, 0.29) is 29.1 Å². The molecule has 1 aromatic carbocycles. The molecule has 1 aliphatic rings. The molecule has 1 amide bonds. The highest BCUT2D eigenvalue weighted by Gasteiger charge is 2.31. The van der Waals surface area contributed by atoms with Crippen LogP contribution in [0.15, 0.2) is 33.6 Å². The zero-order chi connectivity index (χ0) is 21.2. The Morgan fingerprint density at radius 2 is 1.90 bits per heavy atom. The number of sulfonamides is 1. The molecular formula is C17H22N4O6S2. The van der Waals surface area contributed by atoms with E-state index in [0.29, 0.717) is 24.9 Å². The molecule has 29 heavy (non-hydrogen) atoms. The van der Waals surface area contributed by atoms with Crippen LogP contribution in [0.2, 0.25) is 0 Å². The van der Waals surface area contributed by atoms with Crippen LogP contribution in [0, 0.1) is 5.92 Å². The Morgan fingerprint density at radius 3 is 2.52 bits per heavy atom. The summed E-state index contributed by atoms with van der Waals surface area (Å²) >= 11 is 0. The average molecular weight is 443 g/mol. The molecule has 0 aliphatic carbocycles. The van der Waals surface area contributed by atoms with E-state index in [4.69, 9.17) is 4.42 Å². The maximum atomic E-state index is 12.4. The zero-order valence-electron chi connectivity index (χ0n) is 16.0. The fraction of sp³-hybridized carbons (Fsp3) is 0.471. The quantitative estimate of drug-likeness (QED) is 0.702. The van der Waals surface area contributed by atoms with Crippen LogP contribution in [0.4, 0.5) is 6.01 Å². The highest BCUT2D eigenvalue weighted by molar-refractivity contribution is 7.91. The molecule has 2 heterocycles. The highest BCUT2D eigenvalue weighted by Crippen LogP contribution is 2.24. The van der Waals surface area contributed by atoms with Gasteiger partial charge in [0.1, 0.15) is 0 Å². The van der Waals surface area contributed by atoms with Crippen LogP contribution in [0.1, 0.15) is 19.8 Å². The first-order valence-electron chi connectivity index (χ1n) is 9.03. The molecule has 158 valence electrons. The summed E-state index contributed by atoms with van der Waals surface area (Å²) in [5.74, 6) is -0.770. The van der Waals surface area contributed by atoms with Gasteiger partial charge in [-0.05, 0) is 37.1 Å². The molecule has 0 spiro atoms. The van der Waals surface area contributed by atoms with Crippen LogP contribution in [0.3, 0.4) is 0 Å². The van der Waals surface area contributed by atoms with Gasteiger partial charge in [-0.2, -0.15) is 0 Å². The third kappa shape index (κ3) is 5.00. The molecule has 1 aliphatic heterocycles. The number of nitrogens with one attached hydrogen (secondary N) is 1. The second-order valence-corrected chi connectivity index (χ2v) is 11.1. The van der Waals surface area contributed by atoms with Gasteiger partial charge < -0.3 is 4.42 Å². The van der Waals surface area contributed by atoms with E-state index in [1.54, 1.807) is 19.1 Å². The Balaban J connectivity index is 1.68. The minimum absolute atomic E-state index is 0.00100. The van der Waals surface area contributed by atoms with E-state index < -0.39 is 31.7 Å². The lowest BCUT2D eigenvalue weighted by Gasteiger charge is -2.29. The number of rotatable bonds is 6. The van der Waals surface area contributed by atoms with Crippen LogP contribution in [-0.2, 0) is 24.7 Å². The smallest absolute Gasteiger partial charge is 0.322 e. The topological polar surface area (TPSA) is 140 Å². The van der Waals surface area contributed by atoms with Gasteiger partial charge in [0.05, 0.1) is 22.8 Å². The second-order valence-electron chi connectivity index (χ2n) is 6.79. The second kappa shape index (κ2) is 8.20. The normalized spacial score (nSPS) is 18.5. The number of carbonyl (C=O) groups is 1. The predicted molar refractivity (Wildman–Crippen MR) is 105 cm³/mol. The van der Waals surface area contributed by atoms with Gasteiger partial charge in [0, 0.05) is 18.7 Å². The Kier molecular flexibility index (Phi) is 6.05. The maximum absolute atomic E-state index is 12.4. The van der Waals surface area contributed by atoms with Crippen LogP contribution in [0.25, 0.3) is 11.5 Å². The zero-order valence-corrected chi connectivity index (χ0v) is 17.7. The number of hydrogen-bond acceptors (Lipinski definition) is 8. The van der Waals surface area contributed by atoms with E-state index in [9.17, 15) is 21.6 Å². The average Bonchev–Trinajstić information content (AvgIpc) is 3.16. The largest absolute Gasteiger partial charge is 0.403 e. The SMILES string of the molecule is CCS(=O)(=O)c1ccc(-c2nnc(NC(=O)C3CCCN(S(C)(=O)=O)C3)o2)cc1. The van der Waals surface area contributed by atoms with Gasteiger partial charge >= 0.3 is 6.01 Å². The number of anilines is 1. The van der Waals surface area contributed by atoms with E-state index >= 15 is 0 Å². The summed E-state index contributed by atoms with van der Waals surface area (Å²) < 4.78 is 53.9. The van der Waals surface area contributed by atoms with Crippen molar-refractivity contribution in [1.82, 2.24) is 14.5 Å². The Bertz CT molecular complexity index is 1090. The van der Waals surface area contributed by atoms with Crippen LogP contribution in [-0.4, -0.2) is 62.3 Å². The summed E-state index contributed by atoms with van der Waals surface area (Å²) in [4.78, 5) is 12.6. The molecule has 10 nitrogen and oxygen atoms in total. The summed E-state index contributed by atoms with van der Waals surface area (Å²) in [6, 6.07) is 5.91. The first-order valence-corrected chi connectivity index (χ1v) is 12.5. The Morgan fingerprint density at radius 1 is 1.21 bits per heavy atom. The van der Waals surface area contributed by atoms with Crippen molar-refractivity contribution in [3.8, 4) is 11.5 Å². The molecule has 2 aromatic rings. The molecule has 0 bridgehead atoms. The maximum Gasteiger partial charge on any atom is 0.322 e. The van der Waals surface area contributed by atoms with Gasteiger partial charge in [0.25, 0.3) is 0 Å². The van der Waals surface area contributed by atoms with Crippen molar-refractivity contribution in [2.75, 3.05) is 30.4 Å². The fourth-order valence-electron chi connectivity index (χ4n) is 3.03. The summed E-state index contributed by atoms with van der Waals surface area (Å²) in [5.41, 5.74) is 0.508. The summed E-state index contributed by atoms with van der Waals surface area (Å²) in [5, 5.41) is 10.2. The molecule has 0 radical (unpaired) electrons. The first-order chi connectivity index (χ1) is 13.6. The van der Waals surface area contributed by atoms with Crippen molar-refractivity contribution < 1.29 is 26.0 Å². The van der Waals surface area contributed by atoms with Gasteiger partial charge in [0.15, 0.2) is 9.84 Å². The monoisotopic (exact) mass is 442 g/mol. The lowest BCUT2D eigenvalue weighted by Crippen LogP contribution is -2.43. The molecule has 12 heteroatoms. The molecule has 1 N–H and O–H groups in total. The number of piperidine rings is 1. The molecular weight excluding hydrogens is 420 g/mol. The van der Waals surface area contributed by atoms with Crippen LogP contribution in [0.5, 0.6) is 0 Å². The van der Waals surface area contributed by atoms with E-state index in [0.717, 1.165) is 6.26 Å². The lowest BCUT2D eigenvalue weighted by molar-refractivity contribution is -0.121. The molecule has 0 saturated carbocycles. The number of sulfone groups is 1. The number of hydrogen-bond donors (Lipinski definition) is 1. The van der Waals surface area contributed by atoms with Crippen molar-refractivity contribution in [1.29, 1.82) is 0 Å². The number of aromatic nitrogens is 2. The lowest BCUT2D eigenvalue weighted by atomic mass is 9.99. The molecule has 1 fully saturated rings. The number of amides is 1. The third-order valence-electron chi connectivity index (χ3n) is 4.72. The highest BCUT2D eigenvalue weighted by atomic mass is 32.2. The minimum atomic E-state index is -3.35. The predicted octanol–water partition coefficient (Wildman–Crippen LogP) is 1.14. The summed E-state index contributed by atoms with van der Waals surface area (Å²) in [7, 11) is -6.66. The number of nitrogens with zero attached hydrogens (tertiary/aromatic N) is 3. The van der Waals surface area contributed by atoms with Gasteiger partial charge in [-0.3, -0.25) is 10.1 Å². The summed E-state index contributed by atoms with van der Waals surface area (Å²) in [6.45, 7) is 2.08. The standard InChI is InChI=1S/C17H22N4O6S2/c1-3-29(25,26)14-8-6-12(7-9-14)16-19-20-17(27-16)18-15(22)13-5-4-10-21(11-13)28(2,23)24/h6-9,13H,3-5,10-11H2,1-2H3,(H,18,20,22). The summed E-state index contributed by atoms with van der Waals surface area (Å²) in [6.07, 6.45) is 2.27. The molecule has 1 saturated heterocycles. The molecule has 1 unspecified atom stereocenters. The van der Waals surface area contributed by atoms with Crippen molar-refractivity contribution >= 4 is 31.8 Å². The van der Waals surface area contributed by atoms with Crippen molar-refractivity contribution in [2.24, 2.45) is 5.92 Å². The van der Waals surface area contributed by atoms with Gasteiger partial charge in [-0.25, -0.2) is 21.1 Å². The molecule has 1 aromatic heterocycles. The fourth-order valence-corrected chi connectivity index (χ4v) is 4.82. The third-order valence-corrected chi connectivity index (χ3v) is 7.74. The van der Waals surface area contributed by atoms with E-state index in [1.165, 1.54) is 16.4 Å².